The van der Waals surface area contributed by atoms with Crippen molar-refractivity contribution in [3.8, 4) is 0 Å². The quantitative estimate of drug-likeness (QED) is 0.726. The molecule has 0 heterocycles. The summed E-state index contributed by atoms with van der Waals surface area (Å²) >= 11 is 0. The zero-order chi connectivity index (χ0) is 13.8. The van der Waals surface area contributed by atoms with E-state index in [9.17, 15) is 0 Å². The summed E-state index contributed by atoms with van der Waals surface area (Å²) in [7, 11) is 2.27. The molecule has 4 nitrogen and oxygen atoms in total. The van der Waals surface area contributed by atoms with E-state index in [1.54, 1.807) is 28.4 Å². The molecule has 0 amide bonds. The Morgan fingerprint density at radius 3 is 1.00 bits per heavy atom. The second kappa shape index (κ2) is 6.09. The van der Waals surface area contributed by atoms with E-state index in [4.69, 9.17) is 17.7 Å². The van der Waals surface area contributed by atoms with Gasteiger partial charge in [-0.05, 0) is 23.5 Å². The highest BCUT2D eigenvalue weighted by atomic mass is 28.4. The van der Waals surface area contributed by atoms with Crippen LogP contribution in [-0.2, 0) is 17.7 Å². The van der Waals surface area contributed by atoms with E-state index in [0.29, 0.717) is 0 Å². The monoisotopic (exact) mass is 286 g/mol. The van der Waals surface area contributed by atoms with Gasteiger partial charge >= 0.3 is 17.1 Å². The molecule has 102 valence electrons. The van der Waals surface area contributed by atoms with E-state index in [-0.39, 0.29) is 0 Å². The van der Waals surface area contributed by atoms with Crippen molar-refractivity contribution >= 4 is 27.5 Å². The average Bonchev–Trinajstić information content (AvgIpc) is 2.45. The van der Waals surface area contributed by atoms with Gasteiger partial charge in [-0.25, -0.2) is 0 Å². The van der Waals surface area contributed by atoms with Gasteiger partial charge in [-0.1, -0.05) is 24.3 Å². The molecule has 0 fully saturated rings. The SMILES string of the molecule is CO[Si](C)(OC)c1ccc([Si](C)(OC)OC)cc1. The predicted octanol–water partition coefficient (Wildman–Crippen LogP) is 0.830. The van der Waals surface area contributed by atoms with Gasteiger partial charge in [0.05, 0.1) is 0 Å². The highest BCUT2D eigenvalue weighted by Gasteiger charge is 2.34. The maximum absolute atomic E-state index is 5.52. The molecule has 0 bridgehead atoms. The molecule has 1 aromatic rings. The summed E-state index contributed by atoms with van der Waals surface area (Å²) in [6.07, 6.45) is 0. The maximum atomic E-state index is 5.52. The van der Waals surface area contributed by atoms with E-state index < -0.39 is 17.1 Å². The van der Waals surface area contributed by atoms with E-state index in [1.165, 1.54) is 0 Å². The zero-order valence-electron chi connectivity index (χ0n) is 11.9. The first-order chi connectivity index (χ1) is 8.45. The van der Waals surface area contributed by atoms with Crippen molar-refractivity contribution in [2.75, 3.05) is 28.4 Å². The van der Waals surface area contributed by atoms with Crippen LogP contribution in [0.2, 0.25) is 13.1 Å². The molecule has 0 aliphatic carbocycles. The molecular formula is C12H22O4Si2. The minimum atomic E-state index is -2.24. The fourth-order valence-corrected chi connectivity index (χ4v) is 4.53. The fraction of sp³-hybridized carbons (Fsp3) is 0.500. The second-order valence-electron chi connectivity index (χ2n) is 4.29. The van der Waals surface area contributed by atoms with Gasteiger partial charge in [0.1, 0.15) is 0 Å². The standard InChI is InChI=1S/C12H22O4Si2/c1-13-17(5,14-2)11-7-9-12(10-8-11)18(6,15-3)16-4/h7-10H,1-6H3. The van der Waals surface area contributed by atoms with Crippen molar-refractivity contribution in [3.63, 3.8) is 0 Å². The molecule has 0 spiro atoms. The highest BCUT2D eigenvalue weighted by Crippen LogP contribution is 2.08. The van der Waals surface area contributed by atoms with Crippen LogP contribution in [0, 0.1) is 0 Å². The first kappa shape index (κ1) is 15.6. The topological polar surface area (TPSA) is 36.9 Å². The average molecular weight is 286 g/mol. The highest BCUT2D eigenvalue weighted by molar-refractivity contribution is 6.81. The molecule has 0 aromatic heterocycles. The molecule has 0 aliphatic rings. The van der Waals surface area contributed by atoms with Crippen LogP contribution in [0.1, 0.15) is 0 Å². The summed E-state index contributed by atoms with van der Waals surface area (Å²) in [4.78, 5) is 0. The van der Waals surface area contributed by atoms with Crippen LogP contribution >= 0.6 is 0 Å². The molecule has 0 saturated heterocycles. The third-order valence-corrected chi connectivity index (χ3v) is 9.37. The molecule has 0 radical (unpaired) electrons. The Labute approximate surface area is 111 Å². The second-order valence-corrected chi connectivity index (χ2v) is 10.9. The third-order valence-electron chi connectivity index (χ3n) is 3.49. The minimum absolute atomic E-state index is 1.10. The van der Waals surface area contributed by atoms with Gasteiger partial charge in [0.15, 0.2) is 0 Å². The summed E-state index contributed by atoms with van der Waals surface area (Å²) in [5.74, 6) is 0. The van der Waals surface area contributed by atoms with Gasteiger partial charge in [0.2, 0.25) is 0 Å². The Balaban J connectivity index is 3.06. The first-order valence-corrected chi connectivity index (χ1v) is 10.4. The molecule has 1 rings (SSSR count). The lowest BCUT2D eigenvalue weighted by atomic mass is 10.4. The molecule has 1 aromatic carbocycles. The van der Waals surface area contributed by atoms with Crippen LogP contribution in [0.5, 0.6) is 0 Å². The first-order valence-electron chi connectivity index (χ1n) is 5.77. The number of hydrogen-bond acceptors (Lipinski definition) is 4. The van der Waals surface area contributed by atoms with E-state index in [0.717, 1.165) is 10.4 Å². The van der Waals surface area contributed by atoms with Crippen molar-refractivity contribution in [1.29, 1.82) is 0 Å². The Morgan fingerprint density at radius 1 is 0.611 bits per heavy atom. The van der Waals surface area contributed by atoms with Crippen LogP contribution in [0.15, 0.2) is 24.3 Å². The van der Waals surface area contributed by atoms with E-state index in [2.05, 4.69) is 0 Å². The molecule has 6 heteroatoms. The lowest BCUT2D eigenvalue weighted by molar-refractivity contribution is 0.264. The minimum Gasteiger partial charge on any atom is -0.394 e. The van der Waals surface area contributed by atoms with Crippen molar-refractivity contribution in [2.24, 2.45) is 0 Å². The van der Waals surface area contributed by atoms with E-state index in [1.807, 2.05) is 37.4 Å². The Bertz CT molecular complexity index is 335. The maximum Gasteiger partial charge on any atom is 0.368 e. The number of rotatable bonds is 6. The summed E-state index contributed by atoms with van der Waals surface area (Å²) in [5, 5.41) is 2.19. The van der Waals surface area contributed by atoms with Crippen molar-refractivity contribution in [2.45, 2.75) is 13.1 Å². The van der Waals surface area contributed by atoms with Crippen LogP contribution < -0.4 is 10.4 Å². The van der Waals surface area contributed by atoms with Gasteiger partial charge in [0.25, 0.3) is 0 Å². The van der Waals surface area contributed by atoms with Gasteiger partial charge in [0, 0.05) is 28.4 Å². The summed E-state index contributed by atoms with van der Waals surface area (Å²) in [5.41, 5.74) is 0. The van der Waals surface area contributed by atoms with Crippen molar-refractivity contribution in [3.05, 3.63) is 24.3 Å². The lowest BCUT2D eigenvalue weighted by Gasteiger charge is -2.26. The molecule has 0 N–H and O–H groups in total. The van der Waals surface area contributed by atoms with Gasteiger partial charge in [-0.3, -0.25) is 0 Å². The molecule has 0 atom stereocenters. The smallest absolute Gasteiger partial charge is 0.368 e. The van der Waals surface area contributed by atoms with Gasteiger partial charge < -0.3 is 17.7 Å². The molecule has 18 heavy (non-hydrogen) atoms. The van der Waals surface area contributed by atoms with Gasteiger partial charge in [-0.2, -0.15) is 0 Å². The van der Waals surface area contributed by atoms with Crippen molar-refractivity contribution < 1.29 is 17.7 Å². The third kappa shape index (κ3) is 2.90. The molecule has 0 aliphatic heterocycles. The summed E-state index contributed by atoms with van der Waals surface area (Å²) in [6, 6.07) is 8.16. The summed E-state index contributed by atoms with van der Waals surface area (Å²) < 4.78 is 22.1. The molecule has 0 unspecified atom stereocenters. The van der Waals surface area contributed by atoms with Crippen LogP contribution in [0.4, 0.5) is 0 Å². The van der Waals surface area contributed by atoms with E-state index >= 15 is 0 Å². The van der Waals surface area contributed by atoms with Crippen LogP contribution in [-0.4, -0.2) is 45.6 Å². The van der Waals surface area contributed by atoms with Gasteiger partial charge in [-0.15, -0.1) is 0 Å². The zero-order valence-corrected chi connectivity index (χ0v) is 13.9. The van der Waals surface area contributed by atoms with Crippen LogP contribution in [0.3, 0.4) is 0 Å². The number of hydrogen-bond donors (Lipinski definition) is 0. The molecule has 0 saturated carbocycles. The molecular weight excluding hydrogens is 264 g/mol. The van der Waals surface area contributed by atoms with Crippen molar-refractivity contribution in [1.82, 2.24) is 0 Å². The largest absolute Gasteiger partial charge is 0.394 e. The Kier molecular flexibility index (Phi) is 5.26. The number of benzene rings is 1. The normalized spacial score (nSPS) is 12.8. The fourth-order valence-electron chi connectivity index (χ4n) is 1.71. The Morgan fingerprint density at radius 2 is 0.833 bits per heavy atom. The van der Waals surface area contributed by atoms with Crippen LogP contribution in [0.25, 0.3) is 0 Å². The summed E-state index contributed by atoms with van der Waals surface area (Å²) in [6.45, 7) is 4.04. The lowest BCUT2D eigenvalue weighted by Crippen LogP contribution is -2.52. The Hall–Kier alpha value is -0.506. The predicted molar refractivity (Wildman–Crippen MR) is 77.0 cm³/mol.